The lowest BCUT2D eigenvalue weighted by molar-refractivity contribution is 0.0748. The molecular weight excluding hydrogens is 446 g/mol. The number of para-hydroxylation sites is 2. The SMILES string of the molecule is Cl.O=C(c1ccccc1NS(=O)(=O)Cc1ccccc1)N1CCN(c2ccccc2)CC1. The molecule has 1 amide bonds. The lowest BCUT2D eigenvalue weighted by Gasteiger charge is -2.36. The number of anilines is 2. The lowest BCUT2D eigenvalue weighted by Crippen LogP contribution is -2.48. The number of carbonyl (C=O) groups excluding carboxylic acids is 1. The summed E-state index contributed by atoms with van der Waals surface area (Å²) in [5.74, 6) is -0.308. The largest absolute Gasteiger partial charge is 0.368 e. The molecule has 8 heteroatoms. The van der Waals surface area contributed by atoms with E-state index in [0.717, 1.165) is 18.8 Å². The van der Waals surface area contributed by atoms with Gasteiger partial charge in [0.2, 0.25) is 10.0 Å². The van der Waals surface area contributed by atoms with Gasteiger partial charge in [-0.15, -0.1) is 12.4 Å². The summed E-state index contributed by atoms with van der Waals surface area (Å²) in [6.07, 6.45) is 0. The van der Waals surface area contributed by atoms with E-state index in [1.165, 1.54) is 0 Å². The van der Waals surface area contributed by atoms with Crippen LogP contribution in [0.4, 0.5) is 11.4 Å². The van der Waals surface area contributed by atoms with Crippen molar-refractivity contribution in [3.8, 4) is 0 Å². The molecule has 0 spiro atoms. The van der Waals surface area contributed by atoms with Gasteiger partial charge in [-0.25, -0.2) is 8.42 Å². The lowest BCUT2D eigenvalue weighted by atomic mass is 10.1. The molecule has 0 atom stereocenters. The molecule has 1 heterocycles. The van der Waals surface area contributed by atoms with Crippen LogP contribution < -0.4 is 9.62 Å². The molecule has 1 fully saturated rings. The number of halogens is 1. The Morgan fingerprint density at radius 2 is 1.34 bits per heavy atom. The van der Waals surface area contributed by atoms with Gasteiger partial charge in [-0.3, -0.25) is 9.52 Å². The number of benzene rings is 3. The molecule has 0 saturated carbocycles. The number of carbonyl (C=O) groups is 1. The summed E-state index contributed by atoms with van der Waals surface area (Å²) in [5.41, 5.74) is 2.51. The van der Waals surface area contributed by atoms with Crippen LogP contribution in [0.3, 0.4) is 0 Å². The normalized spacial score (nSPS) is 13.9. The molecule has 1 N–H and O–H groups in total. The van der Waals surface area contributed by atoms with E-state index < -0.39 is 10.0 Å². The van der Waals surface area contributed by atoms with Gasteiger partial charge in [-0.2, -0.15) is 0 Å². The molecule has 1 aliphatic heterocycles. The second-order valence-electron chi connectivity index (χ2n) is 7.51. The third-order valence-corrected chi connectivity index (χ3v) is 6.55. The average molecular weight is 472 g/mol. The zero-order valence-corrected chi connectivity index (χ0v) is 19.2. The maximum absolute atomic E-state index is 13.2. The quantitative estimate of drug-likeness (QED) is 0.589. The average Bonchev–Trinajstić information content (AvgIpc) is 2.80. The van der Waals surface area contributed by atoms with E-state index >= 15 is 0 Å². The predicted molar refractivity (Wildman–Crippen MR) is 131 cm³/mol. The second kappa shape index (κ2) is 10.5. The standard InChI is InChI=1S/C24H25N3O3S.ClH/c28-24(27-17-15-26(16-18-27)21-11-5-2-6-12-21)22-13-7-8-14-23(22)25-31(29,30)19-20-9-3-1-4-10-20;/h1-14,25H,15-19H2;1H. The van der Waals surface area contributed by atoms with Crippen LogP contribution >= 0.6 is 12.4 Å². The van der Waals surface area contributed by atoms with Crippen LogP contribution in [0.2, 0.25) is 0 Å². The van der Waals surface area contributed by atoms with E-state index in [1.54, 1.807) is 53.4 Å². The number of nitrogens with one attached hydrogen (secondary N) is 1. The Morgan fingerprint density at radius 3 is 2.00 bits per heavy atom. The van der Waals surface area contributed by atoms with Gasteiger partial charge in [0.15, 0.2) is 0 Å². The third kappa shape index (κ3) is 5.81. The first kappa shape index (κ1) is 23.6. The van der Waals surface area contributed by atoms with Crippen molar-refractivity contribution in [1.29, 1.82) is 0 Å². The fourth-order valence-electron chi connectivity index (χ4n) is 3.73. The number of piperazine rings is 1. The van der Waals surface area contributed by atoms with Crippen LogP contribution in [-0.4, -0.2) is 45.4 Å². The van der Waals surface area contributed by atoms with Crippen molar-refractivity contribution in [2.75, 3.05) is 35.8 Å². The molecular formula is C24H26ClN3O3S. The predicted octanol–water partition coefficient (Wildman–Crippen LogP) is 4.01. The number of rotatable bonds is 6. The molecule has 168 valence electrons. The number of hydrogen-bond acceptors (Lipinski definition) is 4. The Kier molecular flexibility index (Phi) is 7.77. The molecule has 6 nitrogen and oxygen atoms in total. The Bertz CT molecular complexity index is 1130. The maximum atomic E-state index is 13.2. The number of hydrogen-bond donors (Lipinski definition) is 1. The molecule has 1 saturated heterocycles. The zero-order valence-electron chi connectivity index (χ0n) is 17.6. The molecule has 0 aromatic heterocycles. The zero-order chi connectivity index (χ0) is 21.7. The molecule has 3 aromatic rings. The van der Waals surface area contributed by atoms with Gasteiger partial charge < -0.3 is 9.80 Å². The van der Waals surface area contributed by atoms with Crippen LogP contribution in [0.5, 0.6) is 0 Å². The van der Waals surface area contributed by atoms with E-state index in [2.05, 4.69) is 21.8 Å². The highest BCUT2D eigenvalue weighted by atomic mass is 35.5. The third-order valence-electron chi connectivity index (χ3n) is 5.31. The van der Waals surface area contributed by atoms with E-state index in [0.29, 0.717) is 29.9 Å². The molecule has 1 aliphatic rings. The molecule has 0 unspecified atom stereocenters. The van der Waals surface area contributed by atoms with Crippen LogP contribution in [-0.2, 0) is 15.8 Å². The van der Waals surface area contributed by atoms with Gasteiger partial charge in [0, 0.05) is 31.9 Å². The Labute approximate surface area is 195 Å². The summed E-state index contributed by atoms with van der Waals surface area (Å²) in [6, 6.07) is 25.9. The molecule has 32 heavy (non-hydrogen) atoms. The van der Waals surface area contributed by atoms with Crippen LogP contribution in [0.1, 0.15) is 15.9 Å². The van der Waals surface area contributed by atoms with E-state index in [4.69, 9.17) is 0 Å². The van der Waals surface area contributed by atoms with Crippen molar-refractivity contribution in [2.24, 2.45) is 0 Å². The maximum Gasteiger partial charge on any atom is 0.256 e. The smallest absolute Gasteiger partial charge is 0.256 e. The van der Waals surface area contributed by atoms with Gasteiger partial charge in [0.1, 0.15) is 0 Å². The number of nitrogens with zero attached hydrogens (tertiary/aromatic N) is 2. The van der Waals surface area contributed by atoms with Crippen LogP contribution in [0.15, 0.2) is 84.9 Å². The highest BCUT2D eigenvalue weighted by Crippen LogP contribution is 2.22. The highest BCUT2D eigenvalue weighted by molar-refractivity contribution is 7.91. The van der Waals surface area contributed by atoms with Gasteiger partial charge in [0.05, 0.1) is 17.0 Å². The molecule has 0 radical (unpaired) electrons. The highest BCUT2D eigenvalue weighted by Gasteiger charge is 2.25. The van der Waals surface area contributed by atoms with Crippen LogP contribution in [0, 0.1) is 0 Å². The summed E-state index contributed by atoms with van der Waals surface area (Å²) in [5, 5.41) is 0. The van der Waals surface area contributed by atoms with Gasteiger partial charge in [-0.05, 0) is 29.8 Å². The van der Waals surface area contributed by atoms with E-state index in [9.17, 15) is 13.2 Å². The topological polar surface area (TPSA) is 69.7 Å². The van der Waals surface area contributed by atoms with Crippen molar-refractivity contribution in [3.63, 3.8) is 0 Å². The van der Waals surface area contributed by atoms with Crippen molar-refractivity contribution in [2.45, 2.75) is 5.75 Å². The fraction of sp³-hybridized carbons (Fsp3) is 0.208. The summed E-state index contributed by atoms with van der Waals surface area (Å²) in [7, 11) is -3.65. The monoisotopic (exact) mass is 471 g/mol. The Hall–Kier alpha value is -3.03. The van der Waals surface area contributed by atoms with E-state index in [-0.39, 0.29) is 24.1 Å². The van der Waals surface area contributed by atoms with Crippen molar-refractivity contribution < 1.29 is 13.2 Å². The first-order valence-corrected chi connectivity index (χ1v) is 11.9. The summed E-state index contributed by atoms with van der Waals surface area (Å²) in [4.78, 5) is 17.2. The minimum atomic E-state index is -3.65. The number of amides is 1. The first-order valence-electron chi connectivity index (χ1n) is 10.2. The Balaban J connectivity index is 0.00000289. The second-order valence-corrected chi connectivity index (χ2v) is 9.23. The van der Waals surface area contributed by atoms with Gasteiger partial charge >= 0.3 is 0 Å². The molecule has 0 aliphatic carbocycles. The first-order chi connectivity index (χ1) is 15.0. The van der Waals surface area contributed by atoms with Crippen molar-refractivity contribution >= 4 is 39.7 Å². The van der Waals surface area contributed by atoms with E-state index in [1.807, 2.05) is 24.3 Å². The van der Waals surface area contributed by atoms with Crippen molar-refractivity contribution in [1.82, 2.24) is 4.90 Å². The van der Waals surface area contributed by atoms with Gasteiger partial charge in [0.25, 0.3) is 5.91 Å². The van der Waals surface area contributed by atoms with Crippen molar-refractivity contribution in [3.05, 3.63) is 96.1 Å². The summed E-state index contributed by atoms with van der Waals surface area (Å²) >= 11 is 0. The minimum absolute atomic E-state index is 0. The van der Waals surface area contributed by atoms with Gasteiger partial charge in [-0.1, -0.05) is 60.7 Å². The molecule has 3 aromatic carbocycles. The minimum Gasteiger partial charge on any atom is -0.368 e. The Morgan fingerprint density at radius 1 is 0.781 bits per heavy atom. The summed E-state index contributed by atoms with van der Waals surface area (Å²) < 4.78 is 28.0. The number of sulfonamides is 1. The van der Waals surface area contributed by atoms with Crippen LogP contribution in [0.25, 0.3) is 0 Å². The molecule has 4 rings (SSSR count). The fourth-order valence-corrected chi connectivity index (χ4v) is 4.95. The molecule has 0 bridgehead atoms. The summed E-state index contributed by atoms with van der Waals surface area (Å²) in [6.45, 7) is 2.63.